The highest BCUT2D eigenvalue weighted by molar-refractivity contribution is 6.08. The summed E-state index contributed by atoms with van der Waals surface area (Å²) in [6.45, 7) is 4.82. The predicted molar refractivity (Wildman–Crippen MR) is 100 cm³/mol. The molecule has 2 bridgehead atoms. The molecule has 6 nitrogen and oxygen atoms in total. The number of amides is 2. The summed E-state index contributed by atoms with van der Waals surface area (Å²) in [4.78, 5) is 51.6. The van der Waals surface area contributed by atoms with Gasteiger partial charge < -0.3 is 4.74 Å². The second kappa shape index (κ2) is 6.83. The zero-order valence-corrected chi connectivity index (χ0v) is 16.4. The number of Topliss-reactive ketones (excluding diaryl/α,β-unsaturated/α-hetero) is 1. The number of nitrogens with zero attached hydrogens (tertiary/aromatic N) is 1. The van der Waals surface area contributed by atoms with E-state index in [9.17, 15) is 19.2 Å². The Morgan fingerprint density at radius 1 is 1.11 bits per heavy atom. The molecular formula is C22H25NO5. The summed E-state index contributed by atoms with van der Waals surface area (Å²) in [7, 11) is 0. The van der Waals surface area contributed by atoms with Gasteiger partial charge in [-0.15, -0.1) is 0 Å². The maximum absolute atomic E-state index is 12.8. The highest BCUT2D eigenvalue weighted by Crippen LogP contribution is 2.56. The number of ether oxygens (including phenoxy) is 1. The minimum atomic E-state index is -1.00. The molecule has 0 N–H and O–H groups in total. The third-order valence-electron chi connectivity index (χ3n) is 6.73. The predicted octanol–water partition coefficient (Wildman–Crippen LogP) is 2.45. The average Bonchev–Trinajstić information content (AvgIpc) is 3.34. The Kier molecular flexibility index (Phi) is 4.60. The maximum atomic E-state index is 12.8. The average molecular weight is 383 g/mol. The van der Waals surface area contributed by atoms with Gasteiger partial charge in [-0.05, 0) is 63.5 Å². The largest absolute Gasteiger partial charge is 0.456 e. The molecule has 2 aliphatic carbocycles. The van der Waals surface area contributed by atoms with Gasteiger partial charge in [0.25, 0.3) is 0 Å². The molecule has 1 aromatic rings. The quantitative estimate of drug-likeness (QED) is 0.443. The van der Waals surface area contributed by atoms with Crippen molar-refractivity contribution < 1.29 is 23.9 Å². The number of imide groups is 1. The number of esters is 1. The minimum absolute atomic E-state index is 0.243. The van der Waals surface area contributed by atoms with E-state index in [1.165, 1.54) is 6.92 Å². The van der Waals surface area contributed by atoms with Gasteiger partial charge in [-0.1, -0.05) is 17.7 Å². The Morgan fingerprint density at radius 3 is 2.32 bits per heavy atom. The van der Waals surface area contributed by atoms with Crippen molar-refractivity contribution in [3.8, 4) is 0 Å². The molecule has 148 valence electrons. The lowest BCUT2D eigenvalue weighted by Gasteiger charge is -2.23. The van der Waals surface area contributed by atoms with Crippen molar-refractivity contribution in [3.05, 3.63) is 34.9 Å². The number of benzene rings is 1. The standard InChI is InChI=1S/C22H25NO5/c1-11-4-5-12(2)16(8-11)17(24)10-28-22(27)13(3)23-20(25)18-14-6-7-15(9-14)19(18)21(23)26/h4-5,8,13-15,18-19H,6-7,9-10H2,1-3H3/t13-,14+,15+,18-,19-/m0/s1. The van der Waals surface area contributed by atoms with E-state index in [0.717, 1.165) is 35.3 Å². The molecule has 2 saturated carbocycles. The molecule has 6 heteroatoms. The lowest BCUT2D eigenvalue weighted by molar-refractivity contribution is -0.157. The normalized spacial score (nSPS) is 29.2. The highest BCUT2D eigenvalue weighted by Gasteiger charge is 2.62. The fourth-order valence-electron chi connectivity index (χ4n) is 5.29. The van der Waals surface area contributed by atoms with Crippen LogP contribution in [-0.2, 0) is 19.1 Å². The van der Waals surface area contributed by atoms with E-state index in [1.807, 2.05) is 26.0 Å². The van der Waals surface area contributed by atoms with E-state index in [2.05, 4.69) is 0 Å². The summed E-state index contributed by atoms with van der Waals surface area (Å²) in [6.07, 6.45) is 2.92. The van der Waals surface area contributed by atoms with Gasteiger partial charge in [0.15, 0.2) is 6.61 Å². The van der Waals surface area contributed by atoms with Crippen molar-refractivity contribution >= 4 is 23.6 Å². The number of ketones is 1. The van der Waals surface area contributed by atoms with Crippen LogP contribution in [-0.4, -0.2) is 41.1 Å². The second-order valence-corrected chi connectivity index (χ2v) is 8.46. The molecule has 28 heavy (non-hydrogen) atoms. The van der Waals surface area contributed by atoms with Crippen molar-refractivity contribution in [2.45, 2.75) is 46.1 Å². The molecule has 0 unspecified atom stereocenters. The van der Waals surface area contributed by atoms with Gasteiger partial charge in [0.1, 0.15) is 6.04 Å². The number of carbonyl (C=O) groups is 4. The van der Waals surface area contributed by atoms with E-state index in [1.54, 1.807) is 6.07 Å². The zero-order chi connectivity index (χ0) is 20.2. The summed E-state index contributed by atoms with van der Waals surface area (Å²) in [5.74, 6) is -1.49. The van der Waals surface area contributed by atoms with Crippen LogP contribution in [0.1, 0.15) is 47.7 Å². The van der Waals surface area contributed by atoms with Crippen LogP contribution >= 0.6 is 0 Å². The first-order chi connectivity index (χ1) is 13.3. The molecule has 0 spiro atoms. The lowest BCUT2D eigenvalue weighted by Crippen LogP contribution is -2.45. The summed E-state index contributed by atoms with van der Waals surface area (Å²) in [5.41, 5.74) is 2.27. The van der Waals surface area contributed by atoms with Crippen LogP contribution in [0.4, 0.5) is 0 Å². The van der Waals surface area contributed by atoms with Gasteiger partial charge in [-0.25, -0.2) is 4.79 Å². The fourth-order valence-corrected chi connectivity index (χ4v) is 5.29. The fraction of sp³-hybridized carbons (Fsp3) is 0.545. The van der Waals surface area contributed by atoms with E-state index < -0.39 is 18.6 Å². The van der Waals surface area contributed by atoms with Crippen LogP contribution < -0.4 is 0 Å². The minimum Gasteiger partial charge on any atom is -0.456 e. The first-order valence-corrected chi connectivity index (χ1v) is 9.93. The summed E-state index contributed by atoms with van der Waals surface area (Å²) in [6, 6.07) is 4.52. The molecule has 0 radical (unpaired) electrons. The molecule has 0 aromatic heterocycles. The van der Waals surface area contributed by atoms with Crippen molar-refractivity contribution in [2.75, 3.05) is 6.61 Å². The first kappa shape index (κ1) is 18.8. The molecule has 3 fully saturated rings. The third-order valence-corrected chi connectivity index (χ3v) is 6.73. The van der Waals surface area contributed by atoms with Crippen LogP contribution in [0.5, 0.6) is 0 Å². The van der Waals surface area contributed by atoms with Crippen molar-refractivity contribution in [3.63, 3.8) is 0 Å². The number of aryl methyl sites for hydroxylation is 2. The molecule has 4 rings (SSSR count). The molecule has 2 amide bonds. The van der Waals surface area contributed by atoms with E-state index in [0.29, 0.717) is 5.56 Å². The Labute approximate surface area is 164 Å². The second-order valence-electron chi connectivity index (χ2n) is 8.46. The summed E-state index contributed by atoms with van der Waals surface area (Å²) >= 11 is 0. The van der Waals surface area contributed by atoms with Crippen LogP contribution in [0.15, 0.2) is 18.2 Å². The number of hydrogen-bond donors (Lipinski definition) is 0. The van der Waals surface area contributed by atoms with E-state index >= 15 is 0 Å². The van der Waals surface area contributed by atoms with E-state index in [-0.39, 0.29) is 41.3 Å². The van der Waals surface area contributed by atoms with Crippen LogP contribution in [0, 0.1) is 37.5 Å². The molecule has 1 saturated heterocycles. The van der Waals surface area contributed by atoms with Crippen LogP contribution in [0.25, 0.3) is 0 Å². The summed E-state index contributed by atoms with van der Waals surface area (Å²) in [5, 5.41) is 0. The van der Waals surface area contributed by atoms with Crippen LogP contribution in [0.2, 0.25) is 0 Å². The van der Waals surface area contributed by atoms with Crippen LogP contribution in [0.3, 0.4) is 0 Å². The van der Waals surface area contributed by atoms with Gasteiger partial charge in [0.05, 0.1) is 11.8 Å². The number of rotatable bonds is 5. The number of likely N-dealkylation sites (tertiary alicyclic amines) is 1. The van der Waals surface area contributed by atoms with Gasteiger partial charge in [0, 0.05) is 5.56 Å². The van der Waals surface area contributed by atoms with Crippen molar-refractivity contribution in [1.82, 2.24) is 4.90 Å². The zero-order valence-electron chi connectivity index (χ0n) is 16.4. The van der Waals surface area contributed by atoms with Gasteiger partial charge in [0.2, 0.25) is 17.6 Å². The molecule has 1 aromatic carbocycles. The van der Waals surface area contributed by atoms with Crippen molar-refractivity contribution in [2.24, 2.45) is 23.7 Å². The summed E-state index contributed by atoms with van der Waals surface area (Å²) < 4.78 is 5.18. The Morgan fingerprint density at radius 2 is 1.71 bits per heavy atom. The third kappa shape index (κ3) is 2.86. The number of hydrogen-bond acceptors (Lipinski definition) is 5. The van der Waals surface area contributed by atoms with Gasteiger partial charge in [-0.3, -0.25) is 19.3 Å². The van der Waals surface area contributed by atoms with Gasteiger partial charge in [-0.2, -0.15) is 0 Å². The molecule has 1 aliphatic heterocycles. The Hall–Kier alpha value is -2.50. The maximum Gasteiger partial charge on any atom is 0.329 e. The highest BCUT2D eigenvalue weighted by atomic mass is 16.5. The lowest BCUT2D eigenvalue weighted by atomic mass is 9.81. The number of fused-ring (bicyclic) bond motifs is 5. The van der Waals surface area contributed by atoms with E-state index in [4.69, 9.17) is 4.74 Å². The monoisotopic (exact) mass is 383 g/mol. The Bertz CT molecular complexity index is 848. The van der Waals surface area contributed by atoms with Gasteiger partial charge >= 0.3 is 5.97 Å². The first-order valence-electron chi connectivity index (χ1n) is 9.93. The molecule has 5 atom stereocenters. The molecular weight excluding hydrogens is 358 g/mol. The number of carbonyl (C=O) groups excluding carboxylic acids is 4. The molecule has 3 aliphatic rings. The molecule has 1 heterocycles. The smallest absolute Gasteiger partial charge is 0.329 e. The topological polar surface area (TPSA) is 80.8 Å². The van der Waals surface area contributed by atoms with Crippen molar-refractivity contribution in [1.29, 1.82) is 0 Å². The Balaban J connectivity index is 1.41. The SMILES string of the molecule is Cc1ccc(C)c(C(=O)COC(=O)[C@H](C)N2C(=O)[C@H]3[C@@H]4CC[C@H](C4)[C@@H]3C2=O)c1.